The number of rotatable bonds is 5. The maximum absolute atomic E-state index is 12.8. The highest BCUT2D eigenvalue weighted by molar-refractivity contribution is 7.89. The molecule has 0 bridgehead atoms. The molecule has 2 aliphatic rings. The van der Waals surface area contributed by atoms with Gasteiger partial charge in [-0.1, -0.05) is 12.8 Å². The average molecular weight is 431 g/mol. The van der Waals surface area contributed by atoms with Crippen LogP contribution in [0.2, 0.25) is 0 Å². The predicted octanol–water partition coefficient (Wildman–Crippen LogP) is 1.91. The summed E-state index contributed by atoms with van der Waals surface area (Å²) >= 11 is 0. The molecule has 0 saturated carbocycles. The molecule has 2 fully saturated rings. The average Bonchev–Trinajstić information content (AvgIpc) is 2.94. The number of anilines is 1. The molecule has 158 valence electrons. The van der Waals surface area contributed by atoms with E-state index in [-0.39, 0.29) is 23.2 Å². The molecular formula is C19H31ClN4O3S. The minimum Gasteiger partial charge on any atom is -0.325 e. The fourth-order valence-corrected chi connectivity index (χ4v) is 5.16. The Morgan fingerprint density at radius 1 is 1.11 bits per heavy atom. The number of sulfonamides is 1. The summed E-state index contributed by atoms with van der Waals surface area (Å²) in [5.74, 6) is -0.0770. The highest BCUT2D eigenvalue weighted by Gasteiger charge is 2.25. The smallest absolute Gasteiger partial charge is 0.243 e. The molecule has 0 aromatic heterocycles. The van der Waals surface area contributed by atoms with E-state index in [4.69, 9.17) is 0 Å². The van der Waals surface area contributed by atoms with Gasteiger partial charge in [0, 0.05) is 44.5 Å². The lowest BCUT2D eigenvalue weighted by atomic mass is 10.2. The van der Waals surface area contributed by atoms with E-state index in [9.17, 15) is 13.2 Å². The fraction of sp³-hybridized carbons (Fsp3) is 0.632. The standard InChI is InChI=1S/C19H30N4O3S.ClH/c1-16-14-20-10-13-22(16)15-19(24)21-17-6-8-18(9-7-17)27(25,26)23-11-4-2-3-5-12-23;/h6-9,16,20H,2-5,10-15H2,1H3,(H,21,24);1H/t16-;/m0./s1. The van der Waals surface area contributed by atoms with E-state index in [1.807, 2.05) is 0 Å². The second-order valence-corrected chi connectivity index (χ2v) is 9.35. The van der Waals surface area contributed by atoms with Crippen LogP contribution in [0, 0.1) is 0 Å². The van der Waals surface area contributed by atoms with E-state index >= 15 is 0 Å². The Morgan fingerprint density at radius 2 is 1.75 bits per heavy atom. The van der Waals surface area contributed by atoms with Crippen molar-refractivity contribution in [2.75, 3.05) is 44.6 Å². The third kappa shape index (κ3) is 5.90. The number of halogens is 1. The zero-order valence-electron chi connectivity index (χ0n) is 16.4. The molecule has 2 heterocycles. The summed E-state index contributed by atoms with van der Waals surface area (Å²) in [6.07, 6.45) is 4.00. The van der Waals surface area contributed by atoms with Gasteiger partial charge in [0.1, 0.15) is 0 Å². The van der Waals surface area contributed by atoms with Crippen LogP contribution in [0.1, 0.15) is 32.6 Å². The first kappa shape index (κ1) is 23.1. The van der Waals surface area contributed by atoms with Crippen molar-refractivity contribution in [1.29, 1.82) is 0 Å². The largest absolute Gasteiger partial charge is 0.325 e. The van der Waals surface area contributed by atoms with Crippen LogP contribution < -0.4 is 10.6 Å². The van der Waals surface area contributed by atoms with Gasteiger partial charge in [-0.25, -0.2) is 8.42 Å². The van der Waals surface area contributed by atoms with Gasteiger partial charge in [-0.15, -0.1) is 12.4 Å². The number of carbonyl (C=O) groups is 1. The van der Waals surface area contributed by atoms with E-state index in [1.165, 1.54) is 0 Å². The minimum atomic E-state index is -3.46. The van der Waals surface area contributed by atoms with Gasteiger partial charge in [0.2, 0.25) is 15.9 Å². The van der Waals surface area contributed by atoms with Gasteiger partial charge < -0.3 is 10.6 Å². The van der Waals surface area contributed by atoms with Gasteiger partial charge in [-0.2, -0.15) is 4.31 Å². The number of carbonyl (C=O) groups excluding carboxylic acids is 1. The molecule has 7 nitrogen and oxygen atoms in total. The number of nitrogens with one attached hydrogen (secondary N) is 2. The molecule has 2 saturated heterocycles. The molecule has 0 aliphatic carbocycles. The van der Waals surface area contributed by atoms with Crippen molar-refractivity contribution in [1.82, 2.24) is 14.5 Å². The first-order valence-corrected chi connectivity index (χ1v) is 11.3. The van der Waals surface area contributed by atoms with Crippen molar-refractivity contribution >= 4 is 34.0 Å². The Morgan fingerprint density at radius 3 is 2.36 bits per heavy atom. The molecule has 3 rings (SSSR count). The van der Waals surface area contributed by atoms with Crippen molar-refractivity contribution in [3.05, 3.63) is 24.3 Å². The van der Waals surface area contributed by atoms with Crippen LogP contribution in [0.25, 0.3) is 0 Å². The molecule has 0 radical (unpaired) electrons. The first-order chi connectivity index (χ1) is 13.0. The Labute approximate surface area is 174 Å². The van der Waals surface area contributed by atoms with Crippen LogP contribution in [0.4, 0.5) is 5.69 Å². The Bertz CT molecular complexity index is 734. The van der Waals surface area contributed by atoms with Crippen molar-refractivity contribution < 1.29 is 13.2 Å². The molecule has 1 aromatic carbocycles. The molecule has 0 spiro atoms. The summed E-state index contributed by atoms with van der Waals surface area (Å²) in [4.78, 5) is 14.7. The Balaban J connectivity index is 0.00000280. The lowest BCUT2D eigenvalue weighted by molar-refractivity contribution is -0.118. The number of piperazine rings is 1. The summed E-state index contributed by atoms with van der Waals surface area (Å²) in [6, 6.07) is 6.84. The van der Waals surface area contributed by atoms with Crippen molar-refractivity contribution in [3.8, 4) is 0 Å². The van der Waals surface area contributed by atoms with Gasteiger partial charge in [0.05, 0.1) is 11.4 Å². The molecule has 1 amide bonds. The number of hydrogen-bond acceptors (Lipinski definition) is 5. The Kier molecular flexibility index (Phi) is 8.70. The monoisotopic (exact) mass is 430 g/mol. The zero-order valence-corrected chi connectivity index (χ0v) is 18.0. The maximum Gasteiger partial charge on any atom is 0.243 e. The van der Waals surface area contributed by atoms with E-state index in [1.54, 1.807) is 28.6 Å². The molecule has 2 N–H and O–H groups in total. The van der Waals surface area contributed by atoms with Crippen LogP contribution in [0.15, 0.2) is 29.2 Å². The van der Waals surface area contributed by atoms with Crippen LogP contribution in [0.5, 0.6) is 0 Å². The first-order valence-electron chi connectivity index (χ1n) is 9.81. The van der Waals surface area contributed by atoms with Crippen LogP contribution in [-0.4, -0.2) is 68.8 Å². The minimum absolute atomic E-state index is 0. The predicted molar refractivity (Wildman–Crippen MR) is 113 cm³/mol. The highest BCUT2D eigenvalue weighted by atomic mass is 35.5. The van der Waals surface area contributed by atoms with E-state index in [0.717, 1.165) is 45.3 Å². The Hall–Kier alpha value is -1.19. The molecule has 0 unspecified atom stereocenters. The van der Waals surface area contributed by atoms with Crippen LogP contribution in [0.3, 0.4) is 0 Å². The lowest BCUT2D eigenvalue weighted by Gasteiger charge is -2.33. The summed E-state index contributed by atoms with van der Waals surface area (Å²) in [6.45, 7) is 6.24. The number of nitrogens with zero attached hydrogens (tertiary/aromatic N) is 2. The van der Waals surface area contributed by atoms with Crippen molar-refractivity contribution in [2.45, 2.75) is 43.5 Å². The third-order valence-corrected chi connectivity index (χ3v) is 7.24. The van der Waals surface area contributed by atoms with E-state index in [2.05, 4.69) is 22.5 Å². The summed E-state index contributed by atoms with van der Waals surface area (Å²) in [5.41, 5.74) is 0.623. The molecule has 9 heteroatoms. The van der Waals surface area contributed by atoms with Crippen LogP contribution in [-0.2, 0) is 14.8 Å². The second-order valence-electron chi connectivity index (χ2n) is 7.41. The van der Waals surface area contributed by atoms with Crippen molar-refractivity contribution in [2.24, 2.45) is 0 Å². The van der Waals surface area contributed by atoms with Gasteiger partial charge in [0.25, 0.3) is 0 Å². The number of amides is 1. The SMILES string of the molecule is C[C@H]1CNCCN1CC(=O)Nc1ccc(S(=O)(=O)N2CCCCCC2)cc1.Cl. The van der Waals surface area contributed by atoms with Gasteiger partial charge in [0.15, 0.2) is 0 Å². The van der Waals surface area contributed by atoms with Crippen LogP contribution >= 0.6 is 12.4 Å². The third-order valence-electron chi connectivity index (χ3n) is 5.33. The lowest BCUT2D eigenvalue weighted by Crippen LogP contribution is -2.51. The molecule has 2 aliphatic heterocycles. The highest BCUT2D eigenvalue weighted by Crippen LogP contribution is 2.21. The summed E-state index contributed by atoms with van der Waals surface area (Å²) in [7, 11) is -3.46. The van der Waals surface area contributed by atoms with E-state index in [0.29, 0.717) is 31.4 Å². The molecule has 1 atom stereocenters. The maximum atomic E-state index is 12.8. The molecule has 28 heavy (non-hydrogen) atoms. The zero-order chi connectivity index (χ0) is 19.3. The summed E-state index contributed by atoms with van der Waals surface area (Å²) < 4.78 is 27.2. The number of hydrogen-bond donors (Lipinski definition) is 2. The molecule has 1 aromatic rings. The fourth-order valence-electron chi connectivity index (χ4n) is 3.64. The topological polar surface area (TPSA) is 81.8 Å². The van der Waals surface area contributed by atoms with Gasteiger partial charge in [-0.3, -0.25) is 9.69 Å². The number of benzene rings is 1. The summed E-state index contributed by atoms with van der Waals surface area (Å²) in [5, 5.41) is 6.17. The van der Waals surface area contributed by atoms with Gasteiger partial charge in [-0.05, 0) is 44.0 Å². The quantitative estimate of drug-likeness (QED) is 0.745. The normalized spacial score (nSPS) is 22.1. The molecular weight excluding hydrogens is 400 g/mol. The second kappa shape index (κ2) is 10.5. The van der Waals surface area contributed by atoms with E-state index < -0.39 is 10.0 Å². The van der Waals surface area contributed by atoms with Gasteiger partial charge >= 0.3 is 0 Å². The van der Waals surface area contributed by atoms with Crippen molar-refractivity contribution in [3.63, 3.8) is 0 Å².